The lowest BCUT2D eigenvalue weighted by Crippen LogP contribution is -1.99. The molecule has 0 bridgehead atoms. The van der Waals surface area contributed by atoms with Crippen LogP contribution in [0.25, 0.3) is 0 Å². The maximum absolute atomic E-state index is 5.75. The van der Waals surface area contributed by atoms with Crippen LogP contribution in [0, 0.1) is 23.7 Å². The lowest BCUT2D eigenvalue weighted by Gasteiger charge is -2.14. The van der Waals surface area contributed by atoms with Gasteiger partial charge in [0.15, 0.2) is 0 Å². The van der Waals surface area contributed by atoms with Gasteiger partial charge in [0.25, 0.3) is 0 Å². The van der Waals surface area contributed by atoms with Gasteiger partial charge in [0.05, 0.1) is 39.6 Å². The van der Waals surface area contributed by atoms with Gasteiger partial charge in [-0.1, -0.05) is 84.3 Å². The zero-order valence-corrected chi connectivity index (χ0v) is 25.4. The molecule has 0 aromatic heterocycles. The van der Waals surface area contributed by atoms with Gasteiger partial charge in [-0.3, -0.25) is 0 Å². The number of benzene rings is 5. The minimum atomic E-state index is 0.693. The van der Waals surface area contributed by atoms with Gasteiger partial charge < -0.3 is 18.9 Å². The molecule has 5 rings (SSSR count). The highest BCUT2D eigenvalue weighted by atomic mass is 16.5. The van der Waals surface area contributed by atoms with Crippen molar-refractivity contribution in [3.8, 4) is 46.7 Å². The molecule has 218 valence electrons. The zero-order chi connectivity index (χ0) is 30.7. The average Bonchev–Trinajstić information content (AvgIpc) is 3.08. The molecule has 0 aliphatic carbocycles. The summed E-state index contributed by atoms with van der Waals surface area (Å²) in [6.45, 7) is 0. The van der Waals surface area contributed by atoms with E-state index >= 15 is 0 Å². The minimum absolute atomic E-state index is 0.693. The van der Waals surface area contributed by atoms with Crippen molar-refractivity contribution in [1.82, 2.24) is 0 Å². The zero-order valence-electron chi connectivity index (χ0n) is 25.4. The Morgan fingerprint density at radius 2 is 0.773 bits per heavy atom. The van der Waals surface area contributed by atoms with Crippen LogP contribution in [0.5, 0.6) is 23.0 Å². The molecule has 0 spiro atoms. The Balaban J connectivity index is 1.34. The van der Waals surface area contributed by atoms with E-state index in [1.807, 2.05) is 84.9 Å². The first-order valence-electron chi connectivity index (χ1n) is 14.3. The van der Waals surface area contributed by atoms with E-state index in [9.17, 15) is 0 Å². The van der Waals surface area contributed by atoms with Crippen molar-refractivity contribution in [2.75, 3.05) is 28.4 Å². The van der Waals surface area contributed by atoms with Crippen molar-refractivity contribution in [2.24, 2.45) is 0 Å². The topological polar surface area (TPSA) is 36.9 Å². The van der Waals surface area contributed by atoms with E-state index in [-0.39, 0.29) is 0 Å². The first-order chi connectivity index (χ1) is 21.6. The van der Waals surface area contributed by atoms with Crippen LogP contribution in [-0.2, 0) is 12.8 Å². The SMILES string of the molecule is COc1cc(Cc2ccc(Cc3cc(OC)c(C#Cc4ccccc4)cc3OC)cc2)c(OC)cc1C#Cc1ccccc1. The average molecular weight is 579 g/mol. The molecule has 5 aromatic rings. The molecule has 0 heterocycles. The van der Waals surface area contributed by atoms with Crippen LogP contribution in [0.4, 0.5) is 0 Å². The number of rotatable bonds is 8. The fourth-order valence-corrected chi connectivity index (χ4v) is 4.93. The molecule has 0 amide bonds. The fraction of sp³-hybridized carbons (Fsp3) is 0.150. The summed E-state index contributed by atoms with van der Waals surface area (Å²) in [5, 5.41) is 0. The Hall–Kier alpha value is -5.58. The summed E-state index contributed by atoms with van der Waals surface area (Å²) in [7, 11) is 6.70. The van der Waals surface area contributed by atoms with Gasteiger partial charge in [0.2, 0.25) is 0 Å². The van der Waals surface area contributed by atoms with Gasteiger partial charge in [-0.25, -0.2) is 0 Å². The van der Waals surface area contributed by atoms with Crippen molar-refractivity contribution in [1.29, 1.82) is 0 Å². The summed E-state index contributed by atoms with van der Waals surface area (Å²) >= 11 is 0. The fourth-order valence-electron chi connectivity index (χ4n) is 4.93. The number of methoxy groups -OCH3 is 4. The summed E-state index contributed by atoms with van der Waals surface area (Å²) in [4.78, 5) is 0. The predicted molar refractivity (Wildman–Crippen MR) is 176 cm³/mol. The number of ether oxygens (including phenoxy) is 4. The lowest BCUT2D eigenvalue weighted by molar-refractivity contribution is 0.398. The molecule has 0 aliphatic heterocycles. The van der Waals surface area contributed by atoms with Gasteiger partial charge >= 0.3 is 0 Å². The Kier molecular flexibility index (Phi) is 9.88. The molecule has 0 radical (unpaired) electrons. The second-order valence-electron chi connectivity index (χ2n) is 10.1. The van der Waals surface area contributed by atoms with Gasteiger partial charge in [-0.15, -0.1) is 0 Å². The lowest BCUT2D eigenvalue weighted by atomic mass is 9.97. The number of hydrogen-bond acceptors (Lipinski definition) is 4. The maximum Gasteiger partial charge on any atom is 0.135 e. The van der Waals surface area contributed by atoms with Gasteiger partial charge in [0.1, 0.15) is 23.0 Å². The molecule has 5 aromatic carbocycles. The van der Waals surface area contributed by atoms with Crippen molar-refractivity contribution in [3.63, 3.8) is 0 Å². The van der Waals surface area contributed by atoms with Crippen LogP contribution in [-0.4, -0.2) is 28.4 Å². The van der Waals surface area contributed by atoms with E-state index < -0.39 is 0 Å². The van der Waals surface area contributed by atoms with Crippen molar-refractivity contribution >= 4 is 0 Å². The smallest absolute Gasteiger partial charge is 0.135 e. The molecule has 0 unspecified atom stereocenters. The van der Waals surface area contributed by atoms with E-state index in [2.05, 4.69) is 47.9 Å². The summed E-state index contributed by atoms with van der Waals surface area (Å²) in [5.41, 5.74) is 7.84. The van der Waals surface area contributed by atoms with Crippen LogP contribution < -0.4 is 18.9 Å². The molecule has 0 saturated heterocycles. The highest BCUT2D eigenvalue weighted by molar-refractivity contribution is 5.58. The standard InChI is InChI=1S/C40H34O4/c1-41-37-27-35(39(43-3)25-33(37)21-19-29-11-7-5-8-12-29)23-31-15-17-32(18-16-31)24-36-28-38(42-2)34(26-40(36)44-4)22-20-30-13-9-6-10-14-30/h5-18,25-28H,23-24H2,1-4H3. The van der Waals surface area contributed by atoms with Crippen LogP contribution in [0.2, 0.25) is 0 Å². The minimum Gasteiger partial charge on any atom is -0.496 e. The predicted octanol–water partition coefficient (Wildman–Crippen LogP) is 7.70. The van der Waals surface area contributed by atoms with E-state index in [1.54, 1.807) is 28.4 Å². The third-order valence-electron chi connectivity index (χ3n) is 7.25. The largest absolute Gasteiger partial charge is 0.496 e. The molecule has 4 heteroatoms. The first kappa shape index (κ1) is 29.9. The number of hydrogen-bond donors (Lipinski definition) is 0. The Morgan fingerprint density at radius 1 is 0.409 bits per heavy atom. The molecular formula is C40H34O4. The van der Waals surface area contributed by atoms with Crippen LogP contribution >= 0.6 is 0 Å². The van der Waals surface area contributed by atoms with Gasteiger partial charge in [0, 0.05) is 35.1 Å². The molecule has 0 aliphatic rings. The maximum atomic E-state index is 5.75. The monoisotopic (exact) mass is 578 g/mol. The quantitative estimate of drug-likeness (QED) is 0.177. The van der Waals surface area contributed by atoms with Crippen molar-refractivity contribution < 1.29 is 18.9 Å². The summed E-state index contributed by atoms with van der Waals surface area (Å²) < 4.78 is 22.9. The summed E-state index contributed by atoms with van der Waals surface area (Å²) in [6, 6.07) is 36.3. The summed E-state index contributed by atoms with van der Waals surface area (Å²) in [5.74, 6) is 15.9. The Labute approximate surface area is 260 Å². The highest BCUT2D eigenvalue weighted by Crippen LogP contribution is 2.32. The highest BCUT2D eigenvalue weighted by Gasteiger charge is 2.13. The van der Waals surface area contributed by atoms with Gasteiger partial charge in [-0.2, -0.15) is 0 Å². The van der Waals surface area contributed by atoms with Gasteiger partial charge in [-0.05, 0) is 59.7 Å². The van der Waals surface area contributed by atoms with E-state index in [1.165, 1.54) is 0 Å². The van der Waals surface area contributed by atoms with E-state index in [0.29, 0.717) is 12.8 Å². The molecule has 0 atom stereocenters. The van der Waals surface area contributed by atoms with Crippen LogP contribution in [0.1, 0.15) is 44.5 Å². The normalized spacial score (nSPS) is 10.1. The van der Waals surface area contributed by atoms with E-state index in [4.69, 9.17) is 18.9 Å². The Morgan fingerprint density at radius 3 is 1.11 bits per heavy atom. The van der Waals surface area contributed by atoms with Crippen molar-refractivity contribution in [3.05, 3.63) is 154 Å². The molecule has 0 fully saturated rings. The second kappa shape index (κ2) is 14.5. The third-order valence-corrected chi connectivity index (χ3v) is 7.25. The molecular weight excluding hydrogens is 544 g/mol. The van der Waals surface area contributed by atoms with Crippen LogP contribution in [0.3, 0.4) is 0 Å². The van der Waals surface area contributed by atoms with E-state index in [0.717, 1.165) is 67.5 Å². The summed E-state index contributed by atoms with van der Waals surface area (Å²) in [6.07, 6.45) is 1.39. The van der Waals surface area contributed by atoms with Crippen LogP contribution in [0.15, 0.2) is 109 Å². The van der Waals surface area contributed by atoms with Crippen molar-refractivity contribution in [2.45, 2.75) is 12.8 Å². The molecule has 4 nitrogen and oxygen atoms in total. The first-order valence-corrected chi connectivity index (χ1v) is 14.3. The second-order valence-corrected chi connectivity index (χ2v) is 10.1. The Bertz CT molecular complexity index is 1700. The molecule has 0 saturated carbocycles. The molecule has 44 heavy (non-hydrogen) atoms. The molecule has 0 N–H and O–H groups in total. The third kappa shape index (κ3) is 7.43.